The molecule has 0 aliphatic rings. The Labute approximate surface area is 148 Å². The minimum atomic E-state index is -0.275. The van der Waals surface area contributed by atoms with Crippen LogP contribution in [0, 0.1) is 18.3 Å². The molecule has 0 amide bonds. The number of halogens is 2. The predicted octanol–water partition coefficient (Wildman–Crippen LogP) is 4.57. The summed E-state index contributed by atoms with van der Waals surface area (Å²) in [5, 5.41) is 18.9. The van der Waals surface area contributed by atoms with E-state index in [2.05, 4.69) is 16.3 Å². The van der Waals surface area contributed by atoms with Gasteiger partial charge in [-0.05, 0) is 25.0 Å². The van der Waals surface area contributed by atoms with Gasteiger partial charge in [0, 0.05) is 6.20 Å². The molecule has 23 heavy (non-hydrogen) atoms. The van der Waals surface area contributed by atoms with Crippen LogP contribution in [-0.2, 0) is 6.42 Å². The van der Waals surface area contributed by atoms with Crippen LogP contribution < -0.4 is 0 Å². The number of benzene rings is 1. The molecule has 1 atom stereocenters. The third-order valence-corrected chi connectivity index (χ3v) is 4.86. The average molecular weight is 363 g/mol. The van der Waals surface area contributed by atoms with Gasteiger partial charge in [0.25, 0.3) is 0 Å². The summed E-state index contributed by atoms with van der Waals surface area (Å²) < 4.78 is 1.72. The number of nitrogens with zero attached hydrogens (tertiary/aromatic N) is 4. The van der Waals surface area contributed by atoms with E-state index in [-0.39, 0.29) is 5.25 Å². The van der Waals surface area contributed by atoms with Crippen LogP contribution in [0.15, 0.2) is 41.7 Å². The van der Waals surface area contributed by atoms with Crippen molar-refractivity contribution in [3.8, 4) is 6.07 Å². The number of nitriles is 1. The van der Waals surface area contributed by atoms with Crippen LogP contribution in [0.5, 0.6) is 0 Å². The van der Waals surface area contributed by atoms with Gasteiger partial charge in [0.1, 0.15) is 5.25 Å². The first-order valence-electron chi connectivity index (χ1n) is 6.88. The second kappa shape index (κ2) is 6.79. The molecule has 3 aromatic rings. The first-order chi connectivity index (χ1) is 11.1. The van der Waals surface area contributed by atoms with E-state index in [1.54, 1.807) is 16.7 Å². The van der Waals surface area contributed by atoms with Crippen molar-refractivity contribution in [2.45, 2.75) is 23.8 Å². The van der Waals surface area contributed by atoms with Crippen molar-refractivity contribution >= 4 is 40.6 Å². The number of thioether (sulfide) groups is 1. The summed E-state index contributed by atoms with van der Waals surface area (Å²) in [4.78, 5) is 0. The van der Waals surface area contributed by atoms with Crippen molar-refractivity contribution in [3.63, 3.8) is 0 Å². The minimum Gasteiger partial charge on any atom is -0.275 e. The molecule has 0 fully saturated rings. The van der Waals surface area contributed by atoms with Gasteiger partial charge in [-0.25, -0.2) is 0 Å². The quantitative estimate of drug-likeness (QED) is 0.637. The number of aryl methyl sites for hydroxylation is 1. The van der Waals surface area contributed by atoms with Gasteiger partial charge in [-0.2, -0.15) is 5.26 Å². The van der Waals surface area contributed by atoms with Crippen LogP contribution in [0.25, 0.3) is 5.65 Å². The van der Waals surface area contributed by atoms with Gasteiger partial charge in [-0.3, -0.25) is 4.40 Å². The number of hydrogen-bond donors (Lipinski definition) is 0. The fourth-order valence-corrected chi connectivity index (χ4v) is 3.59. The first-order valence-corrected chi connectivity index (χ1v) is 8.52. The molecule has 0 saturated carbocycles. The van der Waals surface area contributed by atoms with Gasteiger partial charge in [0.2, 0.25) is 0 Å². The number of aromatic nitrogens is 3. The normalized spacial score (nSPS) is 12.3. The molecule has 2 aromatic heterocycles. The van der Waals surface area contributed by atoms with Gasteiger partial charge in [0.15, 0.2) is 10.8 Å². The van der Waals surface area contributed by atoms with Crippen molar-refractivity contribution in [3.05, 3.63) is 57.7 Å². The zero-order valence-corrected chi connectivity index (χ0v) is 14.5. The summed E-state index contributed by atoms with van der Waals surface area (Å²) in [6.07, 6.45) is 2.33. The highest BCUT2D eigenvalue weighted by Crippen LogP contribution is 2.28. The topological polar surface area (TPSA) is 54.0 Å². The molecule has 1 unspecified atom stereocenters. The number of pyridine rings is 1. The first kappa shape index (κ1) is 16.1. The van der Waals surface area contributed by atoms with E-state index < -0.39 is 0 Å². The number of hydrogen-bond acceptors (Lipinski definition) is 4. The van der Waals surface area contributed by atoms with Crippen molar-refractivity contribution in [2.75, 3.05) is 0 Å². The Morgan fingerprint density at radius 3 is 2.70 bits per heavy atom. The van der Waals surface area contributed by atoms with Crippen LogP contribution in [0.4, 0.5) is 0 Å². The molecule has 1 aromatic carbocycles. The predicted molar refractivity (Wildman–Crippen MR) is 93.1 cm³/mol. The van der Waals surface area contributed by atoms with Crippen molar-refractivity contribution in [1.29, 1.82) is 5.26 Å². The molecule has 2 heterocycles. The summed E-state index contributed by atoms with van der Waals surface area (Å²) in [7, 11) is 0. The van der Waals surface area contributed by atoms with Gasteiger partial charge < -0.3 is 0 Å². The smallest absolute Gasteiger partial charge is 0.196 e. The summed E-state index contributed by atoms with van der Waals surface area (Å²) in [5.74, 6) is 0. The van der Waals surface area contributed by atoms with E-state index in [9.17, 15) is 5.26 Å². The lowest BCUT2D eigenvalue weighted by Crippen LogP contribution is -2.05. The molecule has 0 saturated heterocycles. The lowest BCUT2D eigenvalue weighted by atomic mass is 10.1. The van der Waals surface area contributed by atoms with E-state index in [1.807, 2.05) is 31.2 Å². The van der Waals surface area contributed by atoms with Crippen LogP contribution in [-0.4, -0.2) is 19.8 Å². The molecule has 0 N–H and O–H groups in total. The zero-order chi connectivity index (χ0) is 16.4. The van der Waals surface area contributed by atoms with Crippen molar-refractivity contribution in [1.82, 2.24) is 14.6 Å². The molecular weight excluding hydrogens is 351 g/mol. The van der Waals surface area contributed by atoms with Gasteiger partial charge in [-0.15, -0.1) is 10.2 Å². The molecule has 3 rings (SSSR count). The van der Waals surface area contributed by atoms with Gasteiger partial charge in [-0.1, -0.05) is 64.8 Å². The number of fused-ring (bicyclic) bond motifs is 1. The van der Waals surface area contributed by atoms with Crippen LogP contribution in [0.3, 0.4) is 0 Å². The third kappa shape index (κ3) is 3.61. The van der Waals surface area contributed by atoms with Crippen LogP contribution >= 0.6 is 35.0 Å². The SMILES string of the molecule is Cc1ccc(CC(C#N)Sc2nnc3c(Cl)cc(Cl)cn23)cc1. The summed E-state index contributed by atoms with van der Waals surface area (Å²) in [5.41, 5.74) is 2.84. The monoisotopic (exact) mass is 362 g/mol. The average Bonchev–Trinajstić information content (AvgIpc) is 2.92. The van der Waals surface area contributed by atoms with Crippen molar-refractivity contribution in [2.24, 2.45) is 0 Å². The van der Waals surface area contributed by atoms with E-state index in [0.717, 1.165) is 5.56 Å². The summed E-state index contributed by atoms with van der Waals surface area (Å²) in [6, 6.07) is 12.1. The highest BCUT2D eigenvalue weighted by atomic mass is 35.5. The maximum atomic E-state index is 9.44. The lowest BCUT2D eigenvalue weighted by molar-refractivity contribution is 0.909. The molecular formula is C16H12Cl2N4S. The minimum absolute atomic E-state index is 0.275. The standard InChI is InChI=1S/C16H12Cl2N4S/c1-10-2-4-11(5-3-10)6-13(8-19)23-16-21-20-15-14(18)7-12(17)9-22(15)16/h2-5,7,9,13H,6H2,1H3. The van der Waals surface area contributed by atoms with E-state index in [0.29, 0.717) is 27.3 Å². The summed E-state index contributed by atoms with van der Waals surface area (Å²) in [6.45, 7) is 2.04. The maximum absolute atomic E-state index is 9.44. The molecule has 0 radical (unpaired) electrons. The molecule has 7 heteroatoms. The van der Waals surface area contributed by atoms with E-state index in [4.69, 9.17) is 23.2 Å². The molecule has 4 nitrogen and oxygen atoms in total. The zero-order valence-electron chi connectivity index (χ0n) is 12.2. The van der Waals surface area contributed by atoms with Crippen LogP contribution in [0.2, 0.25) is 10.0 Å². The van der Waals surface area contributed by atoms with E-state index in [1.165, 1.54) is 17.3 Å². The van der Waals surface area contributed by atoms with Gasteiger partial charge >= 0.3 is 0 Å². The Kier molecular flexibility index (Phi) is 4.76. The second-order valence-electron chi connectivity index (χ2n) is 5.11. The fourth-order valence-electron chi connectivity index (χ4n) is 2.16. The highest BCUT2D eigenvalue weighted by Gasteiger charge is 2.17. The van der Waals surface area contributed by atoms with E-state index >= 15 is 0 Å². The Balaban J connectivity index is 1.85. The Morgan fingerprint density at radius 1 is 1.26 bits per heavy atom. The molecule has 0 spiro atoms. The molecule has 0 aliphatic carbocycles. The molecule has 0 bridgehead atoms. The largest absolute Gasteiger partial charge is 0.275 e. The Morgan fingerprint density at radius 2 is 2.00 bits per heavy atom. The third-order valence-electron chi connectivity index (χ3n) is 3.33. The van der Waals surface area contributed by atoms with Gasteiger partial charge in [0.05, 0.1) is 16.1 Å². The Hall–Kier alpha value is -1.74. The van der Waals surface area contributed by atoms with Crippen molar-refractivity contribution < 1.29 is 0 Å². The molecule has 0 aliphatic heterocycles. The fraction of sp³-hybridized carbons (Fsp3) is 0.188. The number of rotatable bonds is 4. The second-order valence-corrected chi connectivity index (χ2v) is 7.12. The lowest BCUT2D eigenvalue weighted by Gasteiger charge is -2.08. The summed E-state index contributed by atoms with van der Waals surface area (Å²) >= 11 is 13.5. The highest BCUT2D eigenvalue weighted by molar-refractivity contribution is 8.00. The maximum Gasteiger partial charge on any atom is 0.196 e. The van der Waals surface area contributed by atoms with Crippen LogP contribution in [0.1, 0.15) is 11.1 Å². The Bertz CT molecular complexity index is 883. The molecule has 116 valence electrons.